The Morgan fingerprint density at radius 3 is 2.41 bits per heavy atom. The molecule has 0 aliphatic heterocycles. The molecule has 0 fully saturated rings. The van der Waals surface area contributed by atoms with Crippen LogP contribution < -0.4 is 16.0 Å². The number of nitrogens with zero attached hydrogens (tertiary/aromatic N) is 2. The molecule has 3 aromatic rings. The third kappa shape index (κ3) is 5.65. The number of rotatable bonds is 11. The van der Waals surface area contributed by atoms with Crippen LogP contribution in [0.15, 0.2) is 27.8 Å². The summed E-state index contributed by atoms with van der Waals surface area (Å²) in [7, 11) is 1.31. The SMILES string of the molecule is CCCCOC(=O)C(C)(C)n1c(=O)c2c(C)c(C(=O)OCC)sc2n(CC(=O)c2cc(F)ccc2OC)c1=O. The minimum Gasteiger partial charge on any atom is -0.496 e. The topological polar surface area (TPSA) is 123 Å². The molecule has 0 amide bonds. The molecular formula is C27H31FN2O8S. The van der Waals surface area contributed by atoms with Crippen LogP contribution >= 0.6 is 11.3 Å². The van der Waals surface area contributed by atoms with Gasteiger partial charge in [-0.15, -0.1) is 11.3 Å². The highest BCUT2D eigenvalue weighted by Crippen LogP contribution is 2.30. The van der Waals surface area contributed by atoms with Gasteiger partial charge in [0, 0.05) is 0 Å². The van der Waals surface area contributed by atoms with E-state index >= 15 is 0 Å². The first-order valence-electron chi connectivity index (χ1n) is 12.4. The van der Waals surface area contributed by atoms with Crippen LogP contribution in [0.4, 0.5) is 4.39 Å². The van der Waals surface area contributed by atoms with Crippen molar-refractivity contribution in [3.8, 4) is 5.75 Å². The van der Waals surface area contributed by atoms with Gasteiger partial charge in [-0.1, -0.05) is 13.3 Å². The van der Waals surface area contributed by atoms with Crippen LogP contribution in [-0.4, -0.2) is 47.2 Å². The minimum absolute atomic E-state index is 0.0175. The summed E-state index contributed by atoms with van der Waals surface area (Å²) >= 11 is 0.823. The number of hydrogen-bond donors (Lipinski definition) is 0. The quantitative estimate of drug-likeness (QED) is 0.196. The number of methoxy groups -OCH3 is 1. The predicted molar refractivity (Wildman–Crippen MR) is 144 cm³/mol. The predicted octanol–water partition coefficient (Wildman–Crippen LogP) is 3.82. The fraction of sp³-hybridized carbons (Fsp3) is 0.444. The Morgan fingerprint density at radius 1 is 1.10 bits per heavy atom. The molecule has 210 valence electrons. The average Bonchev–Trinajstić information content (AvgIpc) is 3.23. The standard InChI is InChI=1S/C27H31FN2O8S/c1-7-9-12-38-25(34)27(4,5)30-22(32)20-15(3)21(24(33)37-8-2)39-23(20)29(26(30)35)14-18(31)17-13-16(28)10-11-19(17)36-6/h10-11,13H,7-9,12,14H2,1-6H3. The monoisotopic (exact) mass is 562 g/mol. The van der Waals surface area contributed by atoms with E-state index in [0.29, 0.717) is 6.42 Å². The van der Waals surface area contributed by atoms with Crippen molar-refractivity contribution in [3.63, 3.8) is 0 Å². The van der Waals surface area contributed by atoms with Crippen LogP contribution in [0.2, 0.25) is 0 Å². The Bertz CT molecular complexity index is 1550. The maximum atomic E-state index is 14.0. The van der Waals surface area contributed by atoms with Gasteiger partial charge in [0.05, 0.1) is 37.8 Å². The summed E-state index contributed by atoms with van der Waals surface area (Å²) in [4.78, 5) is 66.7. The van der Waals surface area contributed by atoms with Gasteiger partial charge in [-0.05, 0) is 57.9 Å². The number of thiophene rings is 1. The molecule has 0 saturated heterocycles. The number of fused-ring (bicyclic) bond motifs is 1. The average molecular weight is 563 g/mol. The fourth-order valence-corrected chi connectivity index (χ4v) is 5.26. The first-order chi connectivity index (χ1) is 18.4. The van der Waals surface area contributed by atoms with Crippen molar-refractivity contribution in [2.45, 2.75) is 59.5 Å². The van der Waals surface area contributed by atoms with Crippen molar-refractivity contribution in [3.05, 3.63) is 60.9 Å². The number of aromatic nitrogens is 2. The number of carbonyl (C=O) groups excluding carboxylic acids is 3. The highest BCUT2D eigenvalue weighted by molar-refractivity contribution is 7.20. The van der Waals surface area contributed by atoms with E-state index in [0.717, 1.165) is 39.0 Å². The highest BCUT2D eigenvalue weighted by Gasteiger charge is 2.37. The van der Waals surface area contributed by atoms with Crippen LogP contribution in [0.25, 0.3) is 10.2 Å². The highest BCUT2D eigenvalue weighted by atomic mass is 32.1. The van der Waals surface area contributed by atoms with Crippen molar-refractivity contribution < 1.29 is 33.0 Å². The molecule has 2 aromatic heterocycles. The molecule has 0 aliphatic rings. The molecule has 0 bridgehead atoms. The Labute approximate surface area is 227 Å². The van der Waals surface area contributed by atoms with E-state index in [1.165, 1.54) is 33.9 Å². The van der Waals surface area contributed by atoms with E-state index < -0.39 is 46.9 Å². The molecule has 0 atom stereocenters. The van der Waals surface area contributed by atoms with Gasteiger partial charge >= 0.3 is 17.6 Å². The normalized spacial score (nSPS) is 11.5. The fourth-order valence-electron chi connectivity index (χ4n) is 4.07. The number of unbranched alkanes of at least 4 members (excludes halogenated alkanes) is 1. The Morgan fingerprint density at radius 2 is 1.79 bits per heavy atom. The lowest BCUT2D eigenvalue weighted by Gasteiger charge is -2.25. The molecule has 0 spiro atoms. The zero-order chi connectivity index (χ0) is 29.1. The molecule has 0 unspecified atom stereocenters. The van der Waals surface area contributed by atoms with Crippen molar-refractivity contribution in [2.75, 3.05) is 20.3 Å². The van der Waals surface area contributed by atoms with Gasteiger partial charge in [0.2, 0.25) is 0 Å². The Kier molecular flexibility index (Phi) is 9.10. The van der Waals surface area contributed by atoms with Gasteiger partial charge in [0.25, 0.3) is 5.56 Å². The molecule has 39 heavy (non-hydrogen) atoms. The molecule has 0 saturated carbocycles. The molecular weight excluding hydrogens is 531 g/mol. The summed E-state index contributed by atoms with van der Waals surface area (Å²) in [5, 5.41) is -0.0175. The molecule has 0 radical (unpaired) electrons. The molecule has 0 aliphatic carbocycles. The first kappa shape index (κ1) is 29.8. The van der Waals surface area contributed by atoms with Crippen LogP contribution in [0, 0.1) is 12.7 Å². The maximum absolute atomic E-state index is 14.0. The zero-order valence-electron chi connectivity index (χ0n) is 22.7. The Balaban J connectivity index is 2.31. The maximum Gasteiger partial charge on any atom is 0.348 e. The van der Waals surface area contributed by atoms with Crippen LogP contribution in [0.1, 0.15) is 66.1 Å². The largest absolute Gasteiger partial charge is 0.496 e. The number of carbonyl (C=O) groups is 3. The number of hydrogen-bond acceptors (Lipinski definition) is 9. The number of esters is 2. The van der Waals surface area contributed by atoms with Crippen molar-refractivity contribution in [1.82, 2.24) is 9.13 Å². The number of benzene rings is 1. The summed E-state index contributed by atoms with van der Waals surface area (Å²) in [6, 6.07) is 3.39. The number of halogens is 1. The molecule has 2 heterocycles. The second-order valence-corrected chi connectivity index (χ2v) is 10.3. The lowest BCUT2D eigenvalue weighted by Crippen LogP contribution is -2.53. The van der Waals surface area contributed by atoms with Gasteiger partial charge in [0.15, 0.2) is 5.78 Å². The molecule has 10 nitrogen and oxygen atoms in total. The van der Waals surface area contributed by atoms with E-state index in [1.807, 2.05) is 6.92 Å². The second kappa shape index (κ2) is 11.9. The van der Waals surface area contributed by atoms with E-state index in [1.54, 1.807) is 6.92 Å². The third-order valence-electron chi connectivity index (χ3n) is 6.23. The van der Waals surface area contributed by atoms with Crippen LogP contribution in [0.5, 0.6) is 5.75 Å². The molecule has 12 heteroatoms. The summed E-state index contributed by atoms with van der Waals surface area (Å²) in [5.41, 5.74) is -3.41. The number of ketones is 1. The lowest BCUT2D eigenvalue weighted by atomic mass is 10.0. The first-order valence-corrected chi connectivity index (χ1v) is 13.2. The van der Waals surface area contributed by atoms with Crippen molar-refractivity contribution in [2.24, 2.45) is 0 Å². The van der Waals surface area contributed by atoms with Crippen LogP contribution in [0.3, 0.4) is 0 Å². The Hall–Kier alpha value is -3.80. The molecule has 3 rings (SSSR count). The third-order valence-corrected chi connectivity index (χ3v) is 7.52. The summed E-state index contributed by atoms with van der Waals surface area (Å²) in [5.74, 6) is -2.79. The number of Topliss-reactive ketones (excluding diaryl/α,β-unsaturated/α-hetero) is 1. The van der Waals surface area contributed by atoms with Crippen molar-refractivity contribution in [1.29, 1.82) is 0 Å². The summed E-state index contributed by atoms with van der Waals surface area (Å²) in [6.07, 6.45) is 1.36. The zero-order valence-corrected chi connectivity index (χ0v) is 23.5. The second-order valence-electron chi connectivity index (χ2n) is 9.28. The number of ether oxygens (including phenoxy) is 3. The van der Waals surface area contributed by atoms with E-state index in [-0.39, 0.29) is 45.2 Å². The van der Waals surface area contributed by atoms with Gasteiger partial charge in [0.1, 0.15) is 26.8 Å². The van der Waals surface area contributed by atoms with Crippen LogP contribution in [-0.2, 0) is 26.4 Å². The molecule has 1 aromatic carbocycles. The smallest absolute Gasteiger partial charge is 0.348 e. The van der Waals surface area contributed by atoms with E-state index in [9.17, 15) is 28.4 Å². The minimum atomic E-state index is -1.75. The lowest BCUT2D eigenvalue weighted by molar-refractivity contribution is -0.153. The summed E-state index contributed by atoms with van der Waals surface area (Å²) in [6.45, 7) is 7.36. The van der Waals surface area contributed by atoms with E-state index in [4.69, 9.17) is 14.2 Å². The van der Waals surface area contributed by atoms with Gasteiger partial charge in [-0.3, -0.25) is 14.2 Å². The summed E-state index contributed by atoms with van der Waals surface area (Å²) < 4.78 is 31.3. The van der Waals surface area contributed by atoms with Crippen molar-refractivity contribution >= 4 is 39.3 Å². The molecule has 0 N–H and O–H groups in total. The number of aryl methyl sites for hydroxylation is 1. The van der Waals surface area contributed by atoms with E-state index in [2.05, 4.69) is 0 Å². The van der Waals surface area contributed by atoms with Gasteiger partial charge in [-0.25, -0.2) is 23.3 Å². The van der Waals surface area contributed by atoms with Gasteiger partial charge in [-0.2, -0.15) is 0 Å². The van der Waals surface area contributed by atoms with Gasteiger partial charge < -0.3 is 14.2 Å².